The lowest BCUT2D eigenvalue weighted by molar-refractivity contribution is -0.134. The summed E-state index contributed by atoms with van der Waals surface area (Å²) >= 11 is 1.68. The fourth-order valence-corrected chi connectivity index (χ4v) is 7.10. The van der Waals surface area contributed by atoms with Crippen LogP contribution in [0.1, 0.15) is 18.4 Å². The number of sulfonamides is 1. The van der Waals surface area contributed by atoms with Gasteiger partial charge in [0, 0.05) is 68.9 Å². The second kappa shape index (κ2) is 8.83. The third-order valence-electron chi connectivity index (χ3n) is 5.98. The van der Waals surface area contributed by atoms with E-state index in [-0.39, 0.29) is 39.1 Å². The molecule has 0 radical (unpaired) electrons. The molecule has 0 aliphatic carbocycles. The van der Waals surface area contributed by atoms with E-state index in [9.17, 15) is 18.4 Å². The van der Waals surface area contributed by atoms with Gasteiger partial charge in [0.15, 0.2) is 4.75 Å². The minimum Gasteiger partial charge on any atom is -0.381 e. The molecule has 0 saturated carbocycles. The van der Waals surface area contributed by atoms with E-state index in [2.05, 4.69) is 23.4 Å². The maximum absolute atomic E-state index is 13.4. The number of anilines is 1. The van der Waals surface area contributed by atoms with Crippen molar-refractivity contribution in [3.05, 3.63) is 35.3 Å². The quantitative estimate of drug-likeness (QED) is 0.509. The smallest absolute Gasteiger partial charge is 0.266 e. The number of rotatable bonds is 5. The zero-order chi connectivity index (χ0) is 22.1. The van der Waals surface area contributed by atoms with Gasteiger partial charge in [0.1, 0.15) is 5.82 Å². The number of hydrogen-bond donors (Lipinski definition) is 2. The molecule has 2 aliphatic heterocycles. The number of aryl methyl sites for hydroxylation is 1. The van der Waals surface area contributed by atoms with Crippen LogP contribution >= 0.6 is 11.3 Å². The molecule has 0 atom stereocenters. The normalized spacial score (nSPS) is 19.9. The van der Waals surface area contributed by atoms with Crippen molar-refractivity contribution in [2.45, 2.75) is 24.5 Å². The van der Waals surface area contributed by atoms with E-state index in [1.165, 1.54) is 9.87 Å². The molecule has 11 heteroatoms. The Morgan fingerprint density at radius 3 is 2.48 bits per heavy atom. The van der Waals surface area contributed by atoms with Gasteiger partial charge in [-0.05, 0) is 36.1 Å². The van der Waals surface area contributed by atoms with Crippen molar-refractivity contribution in [3.63, 3.8) is 0 Å². The second-order valence-electron chi connectivity index (χ2n) is 7.83. The van der Waals surface area contributed by atoms with E-state index in [1.807, 2.05) is 23.2 Å². The Labute approximate surface area is 185 Å². The van der Waals surface area contributed by atoms with Gasteiger partial charge in [-0.15, -0.1) is 11.3 Å². The molecule has 4 rings (SSSR count). The number of nitrogens with one attached hydrogen (secondary N) is 1. The van der Waals surface area contributed by atoms with E-state index in [0.29, 0.717) is 13.1 Å². The summed E-state index contributed by atoms with van der Waals surface area (Å²) in [6.07, 6.45) is 1.88. The Morgan fingerprint density at radius 2 is 1.94 bits per heavy atom. The van der Waals surface area contributed by atoms with Crippen molar-refractivity contribution in [2.24, 2.45) is 0 Å². The van der Waals surface area contributed by atoms with Crippen molar-refractivity contribution in [2.75, 3.05) is 44.3 Å². The second-order valence-corrected chi connectivity index (χ2v) is 11.0. The number of pyridine rings is 1. The molecule has 1 amide bonds. The molecular formula is C20H26N4O5S2. The molecule has 2 saturated heterocycles. The summed E-state index contributed by atoms with van der Waals surface area (Å²) in [7, 11) is -3.97. The maximum atomic E-state index is 13.4. The number of carbonyl (C=O) groups is 1. The lowest BCUT2D eigenvalue weighted by Gasteiger charge is -2.41. The number of ether oxygens (including phenoxy) is 1. The molecule has 0 unspecified atom stereocenters. The van der Waals surface area contributed by atoms with Crippen LogP contribution in [0.2, 0.25) is 0 Å². The Hall–Kier alpha value is -2.05. The number of carbonyl (C=O) groups excluding carboxylic acids is 1. The van der Waals surface area contributed by atoms with Crippen LogP contribution in [0.5, 0.6) is 0 Å². The topological polar surface area (TPSA) is 112 Å². The third kappa shape index (κ3) is 4.08. The van der Waals surface area contributed by atoms with Crippen molar-refractivity contribution in [1.29, 1.82) is 0 Å². The van der Waals surface area contributed by atoms with Gasteiger partial charge in [0.2, 0.25) is 10.0 Å². The molecule has 4 heterocycles. The Balaban J connectivity index is 1.46. The molecule has 2 aromatic heterocycles. The van der Waals surface area contributed by atoms with Gasteiger partial charge < -0.3 is 9.64 Å². The predicted octanol–water partition coefficient (Wildman–Crippen LogP) is 1.62. The Morgan fingerprint density at radius 1 is 1.23 bits per heavy atom. The monoisotopic (exact) mass is 466 g/mol. The van der Waals surface area contributed by atoms with Crippen LogP contribution in [0.3, 0.4) is 0 Å². The first-order valence-corrected chi connectivity index (χ1v) is 12.5. The van der Waals surface area contributed by atoms with Crippen LogP contribution in [0.15, 0.2) is 29.8 Å². The lowest BCUT2D eigenvalue weighted by atomic mass is 9.98. The SMILES string of the molecule is Cc1csc(-c2ccc(N3CCN(S(=O)(=O)C4(C(=O)NO)CCOCC4)CC3)nc2)c1. The average Bonchev–Trinajstić information content (AvgIpc) is 3.25. The van der Waals surface area contributed by atoms with Crippen molar-refractivity contribution in [3.8, 4) is 10.4 Å². The standard InChI is InChI=1S/C20H26N4O5S2/c1-15-12-17(30-14-15)16-2-3-18(21-13-16)23-6-8-24(9-7-23)31(27,28)20(19(25)22-26)4-10-29-11-5-20/h2-3,12-14,26H,4-11H2,1H3,(H,22,25). The molecule has 2 N–H and O–H groups in total. The van der Waals surface area contributed by atoms with E-state index in [4.69, 9.17) is 4.74 Å². The number of piperazine rings is 1. The molecule has 2 fully saturated rings. The van der Waals surface area contributed by atoms with Crippen molar-refractivity contribution < 1.29 is 23.2 Å². The average molecular weight is 467 g/mol. The van der Waals surface area contributed by atoms with Gasteiger partial charge in [0.25, 0.3) is 5.91 Å². The molecule has 168 valence electrons. The molecular weight excluding hydrogens is 440 g/mol. The van der Waals surface area contributed by atoms with Gasteiger partial charge in [-0.2, -0.15) is 4.31 Å². The first-order chi connectivity index (χ1) is 14.9. The Bertz CT molecular complexity index is 1020. The van der Waals surface area contributed by atoms with Crippen LogP contribution in [0.4, 0.5) is 5.82 Å². The summed E-state index contributed by atoms with van der Waals surface area (Å²) in [5.74, 6) is -0.0951. The highest BCUT2D eigenvalue weighted by Gasteiger charge is 2.54. The lowest BCUT2D eigenvalue weighted by Crippen LogP contribution is -2.62. The van der Waals surface area contributed by atoms with E-state index in [0.717, 1.165) is 16.3 Å². The van der Waals surface area contributed by atoms with Gasteiger partial charge in [0.05, 0.1) is 0 Å². The number of aromatic nitrogens is 1. The minimum atomic E-state index is -3.97. The summed E-state index contributed by atoms with van der Waals surface area (Å²) in [4.78, 5) is 20.1. The van der Waals surface area contributed by atoms with Gasteiger partial charge in [-0.1, -0.05) is 0 Å². The summed E-state index contributed by atoms with van der Waals surface area (Å²) in [5.41, 5.74) is 3.83. The largest absolute Gasteiger partial charge is 0.381 e. The maximum Gasteiger partial charge on any atom is 0.266 e. The number of hydroxylamine groups is 1. The van der Waals surface area contributed by atoms with Crippen LogP contribution in [-0.4, -0.2) is 73.0 Å². The van der Waals surface area contributed by atoms with Crippen molar-refractivity contribution in [1.82, 2.24) is 14.8 Å². The molecule has 0 spiro atoms. The summed E-state index contributed by atoms with van der Waals surface area (Å²) in [6.45, 7) is 3.81. The molecule has 0 aromatic carbocycles. The first-order valence-electron chi connectivity index (χ1n) is 10.2. The summed E-state index contributed by atoms with van der Waals surface area (Å²) in [5, 5.41) is 11.3. The summed E-state index contributed by atoms with van der Waals surface area (Å²) in [6, 6.07) is 6.10. The summed E-state index contributed by atoms with van der Waals surface area (Å²) < 4.78 is 31.7. The molecule has 2 aliphatic rings. The van der Waals surface area contributed by atoms with Gasteiger partial charge in [-0.25, -0.2) is 18.9 Å². The number of thiophene rings is 1. The fraction of sp³-hybridized carbons (Fsp3) is 0.500. The minimum absolute atomic E-state index is 0.0210. The van der Waals surface area contributed by atoms with Gasteiger partial charge >= 0.3 is 0 Å². The molecule has 31 heavy (non-hydrogen) atoms. The highest BCUT2D eigenvalue weighted by molar-refractivity contribution is 7.91. The van der Waals surface area contributed by atoms with Crippen LogP contribution in [0.25, 0.3) is 10.4 Å². The molecule has 2 aromatic rings. The van der Waals surface area contributed by atoms with E-state index in [1.54, 1.807) is 16.8 Å². The van der Waals surface area contributed by atoms with E-state index >= 15 is 0 Å². The molecule has 9 nitrogen and oxygen atoms in total. The van der Waals surface area contributed by atoms with Crippen LogP contribution < -0.4 is 10.4 Å². The number of hydrogen-bond acceptors (Lipinski definition) is 8. The van der Waals surface area contributed by atoms with Crippen LogP contribution in [0, 0.1) is 6.92 Å². The first kappa shape index (κ1) is 22.2. The molecule has 0 bridgehead atoms. The predicted molar refractivity (Wildman–Crippen MR) is 118 cm³/mol. The highest BCUT2D eigenvalue weighted by atomic mass is 32.2. The zero-order valence-corrected chi connectivity index (χ0v) is 18.9. The van der Waals surface area contributed by atoms with Crippen molar-refractivity contribution >= 4 is 33.1 Å². The van der Waals surface area contributed by atoms with E-state index < -0.39 is 20.7 Å². The van der Waals surface area contributed by atoms with Gasteiger partial charge in [-0.3, -0.25) is 10.0 Å². The van der Waals surface area contributed by atoms with Crippen LogP contribution in [-0.2, 0) is 19.6 Å². The fourth-order valence-electron chi connectivity index (χ4n) is 4.11. The zero-order valence-electron chi connectivity index (χ0n) is 17.3. The Kier molecular flexibility index (Phi) is 6.31. The number of nitrogens with zero attached hydrogens (tertiary/aromatic N) is 3. The number of amides is 1. The third-order valence-corrected chi connectivity index (χ3v) is 9.70. The highest BCUT2D eigenvalue weighted by Crippen LogP contribution is 2.34.